The van der Waals surface area contributed by atoms with E-state index in [0.29, 0.717) is 6.54 Å². The third kappa shape index (κ3) is 3.19. The number of nitrogens with zero attached hydrogens (tertiary/aromatic N) is 2. The Hall–Kier alpha value is -1.40. The minimum atomic E-state index is -4.43. The molecule has 1 aliphatic heterocycles. The zero-order chi connectivity index (χ0) is 14.9. The maximum Gasteiger partial charge on any atom is 0.416 e. The average Bonchev–Trinajstić information content (AvgIpc) is 2.40. The van der Waals surface area contributed by atoms with Gasteiger partial charge < -0.3 is 4.90 Å². The van der Waals surface area contributed by atoms with E-state index in [1.165, 1.54) is 12.1 Å². The van der Waals surface area contributed by atoms with Gasteiger partial charge in [-0.05, 0) is 26.2 Å². The lowest BCUT2D eigenvalue weighted by molar-refractivity contribution is -0.137. The summed E-state index contributed by atoms with van der Waals surface area (Å²) in [6.07, 6.45) is -4.43. The van der Waals surface area contributed by atoms with Gasteiger partial charge in [-0.25, -0.2) is 0 Å². The molecular formula is C14H17F3N2O. The summed E-state index contributed by atoms with van der Waals surface area (Å²) in [4.78, 5) is 16.3. The molecule has 0 radical (unpaired) electrons. The number of ketones is 1. The summed E-state index contributed by atoms with van der Waals surface area (Å²) in [7, 11) is 3.72. The van der Waals surface area contributed by atoms with Crippen molar-refractivity contribution in [1.82, 2.24) is 9.80 Å². The van der Waals surface area contributed by atoms with Crippen LogP contribution < -0.4 is 0 Å². The van der Waals surface area contributed by atoms with Crippen molar-refractivity contribution in [2.75, 3.05) is 33.7 Å². The van der Waals surface area contributed by atoms with Gasteiger partial charge in [0.05, 0.1) is 11.6 Å². The molecule has 1 heterocycles. The second kappa shape index (κ2) is 5.54. The van der Waals surface area contributed by atoms with Crippen LogP contribution in [-0.2, 0) is 6.18 Å². The van der Waals surface area contributed by atoms with Gasteiger partial charge in [-0.3, -0.25) is 9.69 Å². The third-order valence-electron chi connectivity index (χ3n) is 3.63. The van der Waals surface area contributed by atoms with Crippen LogP contribution in [0.2, 0.25) is 0 Å². The lowest BCUT2D eigenvalue weighted by Gasteiger charge is -2.36. The lowest BCUT2D eigenvalue weighted by atomic mass is 9.99. The molecule has 2 rings (SSSR count). The number of hydrogen-bond acceptors (Lipinski definition) is 3. The van der Waals surface area contributed by atoms with E-state index in [1.54, 1.807) is 0 Å². The van der Waals surface area contributed by atoms with Crippen LogP contribution in [-0.4, -0.2) is 55.4 Å². The molecule has 3 nitrogen and oxygen atoms in total. The summed E-state index contributed by atoms with van der Waals surface area (Å²) in [5.74, 6) is -0.259. The number of likely N-dealkylation sites (N-methyl/N-ethyl adjacent to an activating group) is 2. The predicted octanol–water partition coefficient (Wildman–Crippen LogP) is 2.13. The standard InChI is InChI=1S/C14H17F3N2O/c1-18-6-7-19(2)12(9-18)13(20)10-4-3-5-11(8-10)14(15,16)17/h3-5,8,12H,6-7,9H2,1-2H3. The zero-order valence-electron chi connectivity index (χ0n) is 11.4. The second-order valence-corrected chi connectivity index (χ2v) is 5.20. The molecule has 0 saturated carbocycles. The summed E-state index contributed by atoms with van der Waals surface area (Å²) in [6, 6.07) is 4.25. The van der Waals surface area contributed by atoms with Crippen molar-refractivity contribution >= 4 is 5.78 Å². The molecule has 1 unspecified atom stereocenters. The van der Waals surface area contributed by atoms with Crippen LogP contribution in [0.25, 0.3) is 0 Å². The van der Waals surface area contributed by atoms with Crippen molar-refractivity contribution < 1.29 is 18.0 Å². The summed E-state index contributed by atoms with van der Waals surface area (Å²) in [5.41, 5.74) is -0.665. The minimum absolute atomic E-state index is 0.118. The minimum Gasteiger partial charge on any atom is -0.303 e. The Balaban J connectivity index is 2.24. The molecule has 0 aliphatic carbocycles. The first-order valence-electron chi connectivity index (χ1n) is 6.39. The van der Waals surface area contributed by atoms with Crippen LogP contribution in [0.15, 0.2) is 24.3 Å². The van der Waals surface area contributed by atoms with Crippen molar-refractivity contribution in [3.05, 3.63) is 35.4 Å². The molecule has 1 aromatic rings. The molecule has 1 saturated heterocycles. The van der Waals surface area contributed by atoms with Gasteiger partial charge in [-0.2, -0.15) is 13.2 Å². The van der Waals surface area contributed by atoms with Gasteiger partial charge in [0.25, 0.3) is 0 Å². The Morgan fingerprint density at radius 3 is 2.60 bits per heavy atom. The summed E-state index contributed by atoms with van der Waals surface area (Å²) >= 11 is 0. The first-order valence-corrected chi connectivity index (χ1v) is 6.39. The van der Waals surface area contributed by atoms with E-state index < -0.39 is 17.8 Å². The van der Waals surface area contributed by atoms with E-state index in [1.807, 2.05) is 23.9 Å². The first-order chi connectivity index (χ1) is 9.29. The largest absolute Gasteiger partial charge is 0.416 e. The number of Topliss-reactive ketones (excluding diaryl/α,β-unsaturated/α-hetero) is 1. The summed E-state index contributed by atoms with van der Waals surface area (Å²) in [6.45, 7) is 2.11. The average molecular weight is 286 g/mol. The molecule has 6 heteroatoms. The number of carbonyl (C=O) groups is 1. The lowest BCUT2D eigenvalue weighted by Crippen LogP contribution is -2.53. The molecule has 1 aromatic carbocycles. The van der Waals surface area contributed by atoms with Crippen LogP contribution >= 0.6 is 0 Å². The monoisotopic (exact) mass is 286 g/mol. The highest BCUT2D eigenvalue weighted by Crippen LogP contribution is 2.30. The fraction of sp³-hybridized carbons (Fsp3) is 0.500. The Morgan fingerprint density at radius 2 is 1.95 bits per heavy atom. The van der Waals surface area contributed by atoms with Crippen LogP contribution in [0.4, 0.5) is 13.2 Å². The van der Waals surface area contributed by atoms with Crippen LogP contribution in [0.5, 0.6) is 0 Å². The van der Waals surface area contributed by atoms with Gasteiger partial charge in [0, 0.05) is 25.2 Å². The molecule has 20 heavy (non-hydrogen) atoms. The first kappa shape index (κ1) is 15.0. The van der Waals surface area contributed by atoms with E-state index >= 15 is 0 Å². The highest BCUT2D eigenvalue weighted by Gasteiger charge is 2.33. The predicted molar refractivity (Wildman–Crippen MR) is 69.7 cm³/mol. The fourth-order valence-electron chi connectivity index (χ4n) is 2.33. The number of halogens is 3. The quantitative estimate of drug-likeness (QED) is 0.778. The Labute approximate surface area is 116 Å². The Morgan fingerprint density at radius 1 is 1.25 bits per heavy atom. The van der Waals surface area contributed by atoms with Crippen molar-refractivity contribution in [1.29, 1.82) is 0 Å². The van der Waals surface area contributed by atoms with Crippen LogP contribution in [0.1, 0.15) is 15.9 Å². The molecule has 0 bridgehead atoms. The molecule has 1 atom stereocenters. The number of benzene rings is 1. The van der Waals surface area contributed by atoms with Gasteiger partial charge in [0.2, 0.25) is 0 Å². The fourth-order valence-corrected chi connectivity index (χ4v) is 2.33. The maximum absolute atomic E-state index is 12.7. The third-order valence-corrected chi connectivity index (χ3v) is 3.63. The van der Waals surface area contributed by atoms with Gasteiger partial charge in [0.15, 0.2) is 5.78 Å². The highest BCUT2D eigenvalue weighted by molar-refractivity contribution is 6.00. The van der Waals surface area contributed by atoms with Crippen molar-refractivity contribution in [3.8, 4) is 0 Å². The molecule has 0 aromatic heterocycles. The molecule has 0 spiro atoms. The summed E-state index contributed by atoms with van der Waals surface area (Å²) in [5, 5.41) is 0. The Kier molecular flexibility index (Phi) is 4.15. The van der Waals surface area contributed by atoms with E-state index in [9.17, 15) is 18.0 Å². The van der Waals surface area contributed by atoms with Crippen LogP contribution in [0, 0.1) is 0 Å². The molecule has 1 aliphatic rings. The number of alkyl halides is 3. The SMILES string of the molecule is CN1CCN(C)C(C(=O)c2cccc(C(F)(F)F)c2)C1. The van der Waals surface area contributed by atoms with Gasteiger partial charge in [0.1, 0.15) is 0 Å². The molecule has 110 valence electrons. The molecule has 0 N–H and O–H groups in total. The maximum atomic E-state index is 12.7. The van der Waals surface area contributed by atoms with Gasteiger partial charge >= 0.3 is 6.18 Å². The Bertz CT molecular complexity index is 501. The number of piperazine rings is 1. The van der Waals surface area contributed by atoms with E-state index in [-0.39, 0.29) is 11.3 Å². The van der Waals surface area contributed by atoms with Crippen LogP contribution in [0.3, 0.4) is 0 Å². The van der Waals surface area contributed by atoms with Gasteiger partial charge in [-0.15, -0.1) is 0 Å². The van der Waals surface area contributed by atoms with Crippen molar-refractivity contribution in [2.45, 2.75) is 12.2 Å². The molecule has 0 amide bonds. The summed E-state index contributed by atoms with van der Waals surface area (Å²) < 4.78 is 38.0. The molecular weight excluding hydrogens is 269 g/mol. The van der Waals surface area contributed by atoms with E-state index in [4.69, 9.17) is 0 Å². The van der Waals surface area contributed by atoms with Gasteiger partial charge in [-0.1, -0.05) is 12.1 Å². The topological polar surface area (TPSA) is 23.6 Å². The second-order valence-electron chi connectivity index (χ2n) is 5.20. The van der Waals surface area contributed by atoms with E-state index in [0.717, 1.165) is 25.2 Å². The molecule has 1 fully saturated rings. The smallest absolute Gasteiger partial charge is 0.303 e. The van der Waals surface area contributed by atoms with E-state index in [2.05, 4.69) is 0 Å². The number of hydrogen-bond donors (Lipinski definition) is 0. The van der Waals surface area contributed by atoms with Crippen molar-refractivity contribution in [3.63, 3.8) is 0 Å². The number of carbonyl (C=O) groups excluding carboxylic acids is 1. The highest BCUT2D eigenvalue weighted by atomic mass is 19.4. The van der Waals surface area contributed by atoms with Crippen molar-refractivity contribution in [2.24, 2.45) is 0 Å². The zero-order valence-corrected chi connectivity index (χ0v) is 11.4. The number of rotatable bonds is 2. The normalized spacial score (nSPS) is 21.9.